The Morgan fingerprint density at radius 2 is 1.54 bits per heavy atom. The molecule has 240 valence electrons. The van der Waals surface area contributed by atoms with Crippen LogP contribution in [0.1, 0.15) is 53.1 Å². The first-order valence-corrected chi connectivity index (χ1v) is 16.4. The monoisotopic (exact) mass is 635 g/mol. The maximum Gasteiger partial charge on any atom is 0.277 e. The van der Waals surface area contributed by atoms with Crippen molar-refractivity contribution in [1.29, 1.82) is 0 Å². The van der Waals surface area contributed by atoms with E-state index in [0.717, 1.165) is 86.8 Å². The summed E-state index contributed by atoms with van der Waals surface area (Å²) in [6.45, 7) is 3.58. The number of aryl methyl sites for hydroxylation is 1. The van der Waals surface area contributed by atoms with Crippen LogP contribution in [0.25, 0.3) is 50.1 Å². The summed E-state index contributed by atoms with van der Waals surface area (Å²) in [6, 6.07) is 25.1. The number of aromatic amines is 2. The highest BCUT2D eigenvalue weighted by Gasteiger charge is 2.29. The summed E-state index contributed by atoms with van der Waals surface area (Å²) >= 11 is 0. The molecule has 0 radical (unpaired) electrons. The lowest BCUT2D eigenvalue weighted by Gasteiger charge is -2.20. The molecule has 8 rings (SSSR count). The molecular formula is C39H37N7O2. The third-order valence-corrected chi connectivity index (χ3v) is 9.59. The molecule has 1 saturated heterocycles. The molecule has 3 aromatic heterocycles. The van der Waals surface area contributed by atoms with Gasteiger partial charge in [0.25, 0.3) is 5.91 Å². The second-order valence-corrected chi connectivity index (χ2v) is 12.6. The fraction of sp³-hybridized carbons (Fsp3) is 0.231. The molecule has 0 bridgehead atoms. The van der Waals surface area contributed by atoms with Gasteiger partial charge in [0.15, 0.2) is 5.82 Å². The Balaban J connectivity index is 0.986. The zero-order chi connectivity index (χ0) is 32.8. The Kier molecular flexibility index (Phi) is 7.61. The van der Waals surface area contributed by atoms with Gasteiger partial charge in [-0.25, -0.2) is 15.0 Å². The van der Waals surface area contributed by atoms with E-state index in [1.54, 1.807) is 12.0 Å². The Hall–Kier alpha value is -5.54. The Morgan fingerprint density at radius 3 is 2.23 bits per heavy atom. The fourth-order valence-electron chi connectivity index (χ4n) is 7.03. The van der Waals surface area contributed by atoms with Crippen LogP contribution in [0.3, 0.4) is 0 Å². The molecule has 0 aliphatic carbocycles. The maximum absolute atomic E-state index is 13.9. The minimum absolute atomic E-state index is 0.150. The first kappa shape index (κ1) is 29.8. The van der Waals surface area contributed by atoms with Crippen LogP contribution < -0.4 is 4.74 Å². The molecular weight excluding hydrogens is 598 g/mol. The van der Waals surface area contributed by atoms with E-state index in [2.05, 4.69) is 91.5 Å². The number of amides is 1. The normalized spacial score (nSPS) is 16.5. The van der Waals surface area contributed by atoms with Crippen LogP contribution in [0, 0.1) is 6.92 Å². The minimum Gasteiger partial charge on any atom is -0.496 e. The number of pyridine rings is 1. The highest BCUT2D eigenvalue weighted by Crippen LogP contribution is 2.34. The Bertz CT molecular complexity index is 2160. The summed E-state index contributed by atoms with van der Waals surface area (Å²) in [6.07, 6.45) is 8.94. The molecule has 1 fully saturated rings. The quantitative estimate of drug-likeness (QED) is 0.187. The van der Waals surface area contributed by atoms with E-state index >= 15 is 0 Å². The molecule has 48 heavy (non-hydrogen) atoms. The van der Waals surface area contributed by atoms with Gasteiger partial charge < -0.3 is 19.6 Å². The predicted molar refractivity (Wildman–Crippen MR) is 188 cm³/mol. The van der Waals surface area contributed by atoms with Crippen LogP contribution in [0.2, 0.25) is 0 Å². The number of rotatable bonds is 7. The maximum atomic E-state index is 13.9. The molecule has 9 heteroatoms. The van der Waals surface area contributed by atoms with Gasteiger partial charge in [-0.05, 0) is 74.2 Å². The molecule has 1 atom stereocenters. The van der Waals surface area contributed by atoms with Gasteiger partial charge in [-0.3, -0.25) is 9.69 Å². The van der Waals surface area contributed by atoms with E-state index in [9.17, 15) is 4.79 Å². The van der Waals surface area contributed by atoms with E-state index in [4.69, 9.17) is 4.74 Å². The van der Waals surface area contributed by atoms with E-state index < -0.39 is 0 Å². The molecule has 9 nitrogen and oxygen atoms in total. The number of carbonyl (C=O) groups excluding carboxylic acids is 1. The third kappa shape index (κ3) is 5.36. The molecule has 1 unspecified atom stereocenters. The predicted octanol–water partition coefficient (Wildman–Crippen LogP) is 7.65. The molecule has 2 aliphatic heterocycles. The van der Waals surface area contributed by atoms with Crippen LogP contribution >= 0.6 is 0 Å². The van der Waals surface area contributed by atoms with Crippen molar-refractivity contribution in [2.75, 3.05) is 27.2 Å². The number of ether oxygens (including phenoxy) is 1. The zero-order valence-corrected chi connectivity index (χ0v) is 27.3. The summed E-state index contributed by atoms with van der Waals surface area (Å²) in [5.41, 5.74) is 8.30. The average molecular weight is 636 g/mol. The summed E-state index contributed by atoms with van der Waals surface area (Å²) in [5.74, 6) is 2.28. The number of imidazole rings is 2. The first-order chi connectivity index (χ1) is 23.5. The first-order valence-electron chi connectivity index (χ1n) is 16.4. The van der Waals surface area contributed by atoms with Crippen molar-refractivity contribution >= 4 is 22.4 Å². The molecule has 2 N–H and O–H groups in total. The standard InChI is InChI=1S/C39H37N7O2/c1-24-21-30-29(7-4-10-35(30)48-3)36(42-24)39(47)46-20-6-9-34(46)38-41-23-32(44-38)28-17-13-26(14-18-28)25-11-15-27(16-12-25)31-22-40-37(43-31)33-8-5-19-45(33)2/h4,7,9-18,21-23,33H,5-6,8,19-20H2,1-3H3,(H,40,43)(H,41,44). The largest absolute Gasteiger partial charge is 0.496 e. The Morgan fingerprint density at radius 1 is 0.854 bits per heavy atom. The van der Waals surface area contributed by atoms with E-state index in [0.29, 0.717) is 24.1 Å². The summed E-state index contributed by atoms with van der Waals surface area (Å²) in [4.78, 5) is 39.1. The van der Waals surface area contributed by atoms with Crippen LogP contribution in [0.15, 0.2) is 91.3 Å². The second kappa shape index (κ2) is 12.2. The second-order valence-electron chi connectivity index (χ2n) is 12.6. The summed E-state index contributed by atoms with van der Waals surface area (Å²) < 4.78 is 5.57. The lowest BCUT2D eigenvalue weighted by molar-refractivity contribution is 0.0840. The number of methoxy groups -OCH3 is 1. The Labute approximate surface area is 279 Å². The fourth-order valence-corrected chi connectivity index (χ4v) is 7.03. The molecule has 0 saturated carbocycles. The number of likely N-dealkylation sites (tertiary alicyclic amines) is 1. The number of H-pyrrole nitrogens is 2. The molecule has 0 spiro atoms. The summed E-state index contributed by atoms with van der Waals surface area (Å²) in [5, 5.41) is 1.65. The van der Waals surface area contributed by atoms with Crippen molar-refractivity contribution < 1.29 is 9.53 Å². The molecule has 1 amide bonds. The highest BCUT2D eigenvalue weighted by molar-refractivity contribution is 6.09. The van der Waals surface area contributed by atoms with Crippen molar-refractivity contribution in [2.24, 2.45) is 0 Å². The minimum atomic E-state index is -0.150. The van der Waals surface area contributed by atoms with Gasteiger partial charge in [0.1, 0.15) is 17.3 Å². The van der Waals surface area contributed by atoms with Crippen LogP contribution in [0.5, 0.6) is 5.75 Å². The van der Waals surface area contributed by atoms with Crippen molar-refractivity contribution in [1.82, 2.24) is 34.7 Å². The number of fused-ring (bicyclic) bond motifs is 1. The van der Waals surface area contributed by atoms with Crippen LogP contribution in [0.4, 0.5) is 0 Å². The van der Waals surface area contributed by atoms with E-state index in [1.807, 2.05) is 43.6 Å². The van der Waals surface area contributed by atoms with Gasteiger partial charge in [-0.15, -0.1) is 0 Å². The van der Waals surface area contributed by atoms with Gasteiger partial charge in [0.2, 0.25) is 0 Å². The van der Waals surface area contributed by atoms with Crippen LogP contribution in [-0.4, -0.2) is 67.9 Å². The number of nitrogens with zero attached hydrogens (tertiary/aromatic N) is 5. The van der Waals surface area contributed by atoms with Crippen LogP contribution in [-0.2, 0) is 0 Å². The zero-order valence-electron chi connectivity index (χ0n) is 27.3. The van der Waals surface area contributed by atoms with Gasteiger partial charge in [0.05, 0.1) is 42.6 Å². The summed E-state index contributed by atoms with van der Waals surface area (Å²) in [7, 11) is 3.80. The number of hydrogen-bond acceptors (Lipinski definition) is 6. The smallest absolute Gasteiger partial charge is 0.277 e. The van der Waals surface area contributed by atoms with Crippen molar-refractivity contribution in [3.8, 4) is 39.4 Å². The number of hydrogen-bond donors (Lipinski definition) is 2. The lowest BCUT2D eigenvalue weighted by Crippen LogP contribution is -2.28. The molecule has 3 aromatic carbocycles. The van der Waals surface area contributed by atoms with E-state index in [-0.39, 0.29) is 5.91 Å². The molecule has 5 heterocycles. The van der Waals surface area contributed by atoms with Crippen molar-refractivity contribution in [3.05, 3.63) is 114 Å². The topological polar surface area (TPSA) is 103 Å². The van der Waals surface area contributed by atoms with Crippen molar-refractivity contribution in [2.45, 2.75) is 32.2 Å². The SMILES string of the molecule is COc1cccc2c(C(=O)N3CCC=C3c3ncc(-c4ccc(-c5ccc(-c6cnc(C7CCCN7C)[nH]6)cc5)cc4)[nH]3)nc(C)cc12. The highest BCUT2D eigenvalue weighted by atomic mass is 16.5. The lowest BCUT2D eigenvalue weighted by atomic mass is 10.0. The number of carbonyl (C=O) groups is 1. The van der Waals surface area contributed by atoms with Gasteiger partial charge in [-0.2, -0.15) is 0 Å². The number of nitrogens with one attached hydrogen (secondary N) is 2. The molecule has 6 aromatic rings. The third-order valence-electron chi connectivity index (χ3n) is 9.59. The molecule has 2 aliphatic rings. The van der Waals surface area contributed by atoms with Gasteiger partial charge in [-0.1, -0.05) is 66.7 Å². The average Bonchev–Trinajstić information content (AvgIpc) is 3.95. The van der Waals surface area contributed by atoms with Crippen molar-refractivity contribution in [3.63, 3.8) is 0 Å². The van der Waals surface area contributed by atoms with Gasteiger partial charge >= 0.3 is 0 Å². The number of benzene rings is 3. The number of aromatic nitrogens is 5. The van der Waals surface area contributed by atoms with Gasteiger partial charge in [0, 0.05) is 23.0 Å². The van der Waals surface area contributed by atoms with E-state index in [1.165, 1.54) is 6.42 Å².